The van der Waals surface area contributed by atoms with E-state index < -0.39 is 0 Å². The molecule has 16 heavy (non-hydrogen) atoms. The molecule has 1 rings (SSSR count). The molecular formula is C15H22O. The van der Waals surface area contributed by atoms with Crippen molar-refractivity contribution in [2.24, 2.45) is 0 Å². The van der Waals surface area contributed by atoms with E-state index in [1.807, 2.05) is 18.2 Å². The predicted octanol–water partition coefficient (Wildman–Crippen LogP) is 3.90. The van der Waals surface area contributed by atoms with Crippen molar-refractivity contribution >= 4 is 0 Å². The van der Waals surface area contributed by atoms with Crippen LogP contribution in [0.2, 0.25) is 0 Å². The van der Waals surface area contributed by atoms with Crippen LogP contribution in [0.3, 0.4) is 0 Å². The van der Waals surface area contributed by atoms with Crippen LogP contribution in [0.1, 0.15) is 44.1 Å². The van der Waals surface area contributed by atoms with Crippen molar-refractivity contribution in [3.8, 4) is 0 Å². The molecule has 0 fully saturated rings. The van der Waals surface area contributed by atoms with Gasteiger partial charge in [-0.1, -0.05) is 49.4 Å². The smallest absolute Gasteiger partial charge is 0.0499 e. The molecule has 0 bridgehead atoms. The van der Waals surface area contributed by atoms with Gasteiger partial charge >= 0.3 is 0 Å². The van der Waals surface area contributed by atoms with E-state index >= 15 is 0 Å². The topological polar surface area (TPSA) is 20.2 Å². The maximum Gasteiger partial charge on any atom is 0.0499 e. The first-order valence-corrected chi connectivity index (χ1v) is 6.19. The Bertz CT molecular complexity index is 290. The van der Waals surface area contributed by atoms with Gasteiger partial charge in [0.1, 0.15) is 0 Å². The Morgan fingerprint density at radius 2 is 1.94 bits per heavy atom. The lowest BCUT2D eigenvalue weighted by Gasteiger charge is -2.13. The molecule has 1 N–H and O–H groups in total. The SMILES string of the molecule is CC/C=C\CCC[C@H](CO)c1ccccc1. The van der Waals surface area contributed by atoms with Gasteiger partial charge in [-0.2, -0.15) is 0 Å². The van der Waals surface area contributed by atoms with E-state index in [9.17, 15) is 5.11 Å². The van der Waals surface area contributed by atoms with E-state index in [-0.39, 0.29) is 6.61 Å². The van der Waals surface area contributed by atoms with Gasteiger partial charge in [-0.15, -0.1) is 0 Å². The standard InChI is InChI=1S/C15H22O/c1-2-3-4-5-7-12-15(13-16)14-10-8-6-9-11-14/h3-4,6,8-11,15-16H,2,5,7,12-13H2,1H3/b4-3-/t15-/m1/s1. The highest BCUT2D eigenvalue weighted by Crippen LogP contribution is 2.21. The number of hydrogen-bond donors (Lipinski definition) is 1. The van der Waals surface area contributed by atoms with Crippen molar-refractivity contribution in [1.82, 2.24) is 0 Å². The number of rotatable bonds is 7. The van der Waals surface area contributed by atoms with Crippen LogP contribution in [0.15, 0.2) is 42.5 Å². The monoisotopic (exact) mass is 218 g/mol. The normalized spacial score (nSPS) is 13.1. The maximum absolute atomic E-state index is 9.36. The average Bonchev–Trinajstić information content (AvgIpc) is 2.35. The van der Waals surface area contributed by atoms with Gasteiger partial charge in [-0.3, -0.25) is 0 Å². The second-order valence-electron chi connectivity index (χ2n) is 4.10. The van der Waals surface area contributed by atoms with Gasteiger partial charge in [-0.05, 0) is 31.2 Å². The molecule has 0 aliphatic heterocycles. The maximum atomic E-state index is 9.36. The van der Waals surface area contributed by atoms with E-state index in [2.05, 4.69) is 31.2 Å². The van der Waals surface area contributed by atoms with Crippen molar-refractivity contribution < 1.29 is 5.11 Å². The summed E-state index contributed by atoms with van der Waals surface area (Å²) in [5, 5.41) is 9.36. The van der Waals surface area contributed by atoms with E-state index in [1.54, 1.807) is 0 Å². The average molecular weight is 218 g/mol. The van der Waals surface area contributed by atoms with Gasteiger partial charge in [0, 0.05) is 12.5 Å². The van der Waals surface area contributed by atoms with Crippen molar-refractivity contribution in [1.29, 1.82) is 0 Å². The van der Waals surface area contributed by atoms with Crippen LogP contribution in [0.4, 0.5) is 0 Å². The zero-order valence-corrected chi connectivity index (χ0v) is 10.1. The Morgan fingerprint density at radius 1 is 1.19 bits per heavy atom. The summed E-state index contributed by atoms with van der Waals surface area (Å²) in [6.45, 7) is 2.40. The number of allylic oxidation sites excluding steroid dienone is 2. The number of unbranched alkanes of at least 4 members (excludes halogenated alkanes) is 1. The lowest BCUT2D eigenvalue weighted by molar-refractivity contribution is 0.257. The molecule has 0 heterocycles. The summed E-state index contributed by atoms with van der Waals surface area (Å²) in [4.78, 5) is 0. The number of aliphatic hydroxyl groups is 1. The Kier molecular flexibility index (Phi) is 6.59. The minimum Gasteiger partial charge on any atom is -0.396 e. The van der Waals surface area contributed by atoms with Crippen LogP contribution in [-0.4, -0.2) is 11.7 Å². The molecular weight excluding hydrogens is 196 g/mol. The van der Waals surface area contributed by atoms with Gasteiger partial charge in [0.2, 0.25) is 0 Å². The van der Waals surface area contributed by atoms with Crippen LogP contribution in [0.25, 0.3) is 0 Å². The molecule has 0 saturated carbocycles. The fourth-order valence-corrected chi connectivity index (χ4v) is 1.86. The number of hydrogen-bond acceptors (Lipinski definition) is 1. The Hall–Kier alpha value is -1.08. The zero-order chi connectivity index (χ0) is 11.6. The third kappa shape index (κ3) is 4.63. The zero-order valence-electron chi connectivity index (χ0n) is 10.1. The molecule has 0 saturated heterocycles. The van der Waals surface area contributed by atoms with Crippen molar-refractivity contribution in [3.05, 3.63) is 48.0 Å². The lowest BCUT2D eigenvalue weighted by Crippen LogP contribution is -2.03. The minimum atomic E-state index is 0.251. The third-order valence-corrected chi connectivity index (χ3v) is 2.82. The van der Waals surface area contributed by atoms with Gasteiger partial charge in [0.15, 0.2) is 0 Å². The molecule has 1 nitrogen and oxygen atoms in total. The molecule has 1 atom stereocenters. The summed E-state index contributed by atoms with van der Waals surface area (Å²) in [5.74, 6) is 0.302. The van der Waals surface area contributed by atoms with Crippen LogP contribution < -0.4 is 0 Å². The summed E-state index contributed by atoms with van der Waals surface area (Å²) >= 11 is 0. The molecule has 0 radical (unpaired) electrons. The molecule has 88 valence electrons. The number of aliphatic hydroxyl groups excluding tert-OH is 1. The van der Waals surface area contributed by atoms with E-state index in [4.69, 9.17) is 0 Å². The fraction of sp³-hybridized carbons (Fsp3) is 0.467. The van der Waals surface area contributed by atoms with E-state index in [0.717, 1.165) is 25.7 Å². The van der Waals surface area contributed by atoms with Gasteiger partial charge in [0.05, 0.1) is 0 Å². The first-order valence-electron chi connectivity index (χ1n) is 6.19. The molecule has 1 aromatic carbocycles. The first kappa shape index (κ1) is 13.0. The summed E-state index contributed by atoms with van der Waals surface area (Å²) in [5.41, 5.74) is 1.25. The van der Waals surface area contributed by atoms with Crippen LogP contribution in [0.5, 0.6) is 0 Å². The highest BCUT2D eigenvalue weighted by Gasteiger charge is 2.08. The van der Waals surface area contributed by atoms with E-state index in [0.29, 0.717) is 5.92 Å². The molecule has 0 aliphatic carbocycles. The van der Waals surface area contributed by atoms with Gasteiger partial charge < -0.3 is 5.11 Å². The second kappa shape index (κ2) is 8.12. The summed E-state index contributed by atoms with van der Waals surface area (Å²) in [7, 11) is 0. The molecule has 1 aromatic rings. The third-order valence-electron chi connectivity index (χ3n) is 2.82. The predicted molar refractivity (Wildman–Crippen MR) is 69.6 cm³/mol. The molecule has 0 spiro atoms. The molecule has 0 unspecified atom stereocenters. The fourth-order valence-electron chi connectivity index (χ4n) is 1.86. The summed E-state index contributed by atoms with van der Waals surface area (Å²) < 4.78 is 0. The molecule has 0 amide bonds. The Morgan fingerprint density at radius 3 is 2.56 bits per heavy atom. The highest BCUT2D eigenvalue weighted by atomic mass is 16.3. The van der Waals surface area contributed by atoms with Crippen molar-refractivity contribution in [2.75, 3.05) is 6.61 Å². The summed E-state index contributed by atoms with van der Waals surface area (Å²) in [6.07, 6.45) is 8.89. The highest BCUT2D eigenvalue weighted by molar-refractivity contribution is 5.19. The van der Waals surface area contributed by atoms with E-state index in [1.165, 1.54) is 5.56 Å². The van der Waals surface area contributed by atoms with Crippen molar-refractivity contribution in [2.45, 2.75) is 38.5 Å². The second-order valence-corrected chi connectivity index (χ2v) is 4.10. The van der Waals surface area contributed by atoms with Crippen LogP contribution in [-0.2, 0) is 0 Å². The van der Waals surface area contributed by atoms with Gasteiger partial charge in [-0.25, -0.2) is 0 Å². The Labute approximate surface area is 98.8 Å². The largest absolute Gasteiger partial charge is 0.396 e. The molecule has 0 aromatic heterocycles. The molecule has 1 heteroatoms. The van der Waals surface area contributed by atoms with Crippen molar-refractivity contribution in [3.63, 3.8) is 0 Å². The van der Waals surface area contributed by atoms with Gasteiger partial charge in [0.25, 0.3) is 0 Å². The minimum absolute atomic E-state index is 0.251. The first-order chi connectivity index (χ1) is 7.88. The Balaban J connectivity index is 2.35. The molecule has 0 aliphatic rings. The van der Waals surface area contributed by atoms with Crippen LogP contribution in [0, 0.1) is 0 Å². The quantitative estimate of drug-likeness (QED) is 0.543. The van der Waals surface area contributed by atoms with Crippen LogP contribution >= 0.6 is 0 Å². The number of benzene rings is 1. The lowest BCUT2D eigenvalue weighted by atomic mass is 9.94. The summed E-state index contributed by atoms with van der Waals surface area (Å²) in [6, 6.07) is 10.3.